The first-order valence-corrected chi connectivity index (χ1v) is 11.1. The number of nitrogens with zero attached hydrogens (tertiary/aromatic N) is 2. The number of halogens is 1. The van der Waals surface area contributed by atoms with Crippen molar-refractivity contribution >= 4 is 35.7 Å². The third-order valence-electron chi connectivity index (χ3n) is 5.96. The molecule has 0 spiro atoms. The molecule has 2 heterocycles. The molecule has 1 saturated carbocycles. The van der Waals surface area contributed by atoms with Crippen molar-refractivity contribution in [3.63, 3.8) is 0 Å². The Kier molecular flexibility index (Phi) is 8.35. The third-order valence-corrected chi connectivity index (χ3v) is 5.96. The van der Waals surface area contributed by atoms with Crippen LogP contribution in [-0.2, 0) is 4.79 Å². The highest BCUT2D eigenvalue weighted by Crippen LogP contribution is 2.33. The lowest BCUT2D eigenvalue weighted by Crippen LogP contribution is -2.33. The second-order valence-electron chi connectivity index (χ2n) is 8.44. The topological polar surface area (TPSA) is 126 Å². The van der Waals surface area contributed by atoms with E-state index >= 15 is 0 Å². The summed E-state index contributed by atoms with van der Waals surface area (Å²) in [5.74, 6) is 0.521. The van der Waals surface area contributed by atoms with Gasteiger partial charge < -0.3 is 16.0 Å². The van der Waals surface area contributed by atoms with Crippen molar-refractivity contribution in [2.24, 2.45) is 11.8 Å². The average Bonchev–Trinajstić information content (AvgIpc) is 3.65. The van der Waals surface area contributed by atoms with E-state index < -0.39 is 4.92 Å². The highest BCUT2D eigenvalue weighted by Gasteiger charge is 2.30. The van der Waals surface area contributed by atoms with E-state index in [9.17, 15) is 19.7 Å². The van der Waals surface area contributed by atoms with Crippen molar-refractivity contribution in [2.75, 3.05) is 25.0 Å². The van der Waals surface area contributed by atoms with Crippen LogP contribution in [-0.4, -0.2) is 41.4 Å². The lowest BCUT2D eigenvalue weighted by molar-refractivity contribution is -0.384. The Morgan fingerprint density at radius 3 is 2.70 bits per heavy atom. The Morgan fingerprint density at radius 2 is 2.00 bits per heavy atom. The van der Waals surface area contributed by atoms with Crippen LogP contribution in [0.4, 0.5) is 11.5 Å². The maximum atomic E-state index is 12.5. The van der Waals surface area contributed by atoms with E-state index in [0.29, 0.717) is 29.4 Å². The minimum atomic E-state index is -0.497. The first-order valence-electron chi connectivity index (χ1n) is 11.1. The standard InChI is InChI=1S/C23H27N5O4.ClH/c29-22(26-10-7-15-2-1-9-24-14-15)18-5-6-19(20(12-18)28(31)32)17-8-11-25-21(13-17)27-23(30)16-3-4-16;/h5-6,8,11-13,15-16,24H,1-4,7,9-10,14H2,(H,26,29)(H,25,27,30);1H. The quantitative estimate of drug-likeness (QED) is 0.397. The molecule has 1 aliphatic heterocycles. The molecule has 0 bridgehead atoms. The fourth-order valence-corrected chi connectivity index (χ4v) is 3.97. The number of rotatable bonds is 8. The zero-order chi connectivity index (χ0) is 22.5. The summed E-state index contributed by atoms with van der Waals surface area (Å²) in [4.78, 5) is 39.9. The molecule has 2 aromatic rings. The number of nitro benzene ring substituents is 1. The molecule has 1 aromatic heterocycles. The summed E-state index contributed by atoms with van der Waals surface area (Å²) in [5, 5.41) is 20.7. The van der Waals surface area contributed by atoms with Crippen molar-refractivity contribution < 1.29 is 14.5 Å². The Labute approximate surface area is 198 Å². The van der Waals surface area contributed by atoms with Gasteiger partial charge in [0, 0.05) is 30.3 Å². The Hall–Kier alpha value is -3.04. The van der Waals surface area contributed by atoms with Crippen LogP contribution in [0.3, 0.4) is 0 Å². The van der Waals surface area contributed by atoms with Crippen LogP contribution >= 0.6 is 12.4 Å². The minimum Gasteiger partial charge on any atom is -0.352 e. The van der Waals surface area contributed by atoms with Gasteiger partial charge in [0.2, 0.25) is 5.91 Å². The molecule has 2 amide bonds. The molecule has 33 heavy (non-hydrogen) atoms. The third kappa shape index (κ3) is 6.49. The van der Waals surface area contributed by atoms with Gasteiger partial charge >= 0.3 is 0 Å². The maximum Gasteiger partial charge on any atom is 0.277 e. The number of pyridine rings is 1. The number of nitro groups is 1. The van der Waals surface area contributed by atoms with Crippen LogP contribution in [0, 0.1) is 22.0 Å². The zero-order valence-electron chi connectivity index (χ0n) is 18.2. The number of hydrogen-bond donors (Lipinski definition) is 3. The largest absolute Gasteiger partial charge is 0.352 e. The van der Waals surface area contributed by atoms with Crippen molar-refractivity contribution in [3.8, 4) is 11.1 Å². The molecule has 0 radical (unpaired) electrons. The molecule has 4 rings (SSSR count). The number of benzene rings is 1. The molecule has 1 aliphatic carbocycles. The van der Waals surface area contributed by atoms with Gasteiger partial charge in [-0.2, -0.15) is 0 Å². The molecule has 9 nitrogen and oxygen atoms in total. The normalized spacial score (nSPS) is 17.5. The summed E-state index contributed by atoms with van der Waals surface area (Å²) in [5.41, 5.74) is 0.997. The lowest BCUT2D eigenvalue weighted by atomic mass is 9.96. The fourth-order valence-electron chi connectivity index (χ4n) is 3.97. The Morgan fingerprint density at radius 1 is 1.18 bits per heavy atom. The first kappa shape index (κ1) is 24.6. The number of anilines is 1. The van der Waals surface area contributed by atoms with Gasteiger partial charge in [-0.25, -0.2) is 4.98 Å². The molecule has 2 aliphatic rings. The number of nitrogens with one attached hydrogen (secondary N) is 3. The molecule has 176 valence electrons. The molecule has 1 unspecified atom stereocenters. The molecular formula is C23H28ClN5O4. The minimum absolute atomic E-state index is 0. The lowest BCUT2D eigenvalue weighted by Gasteiger charge is -2.22. The maximum absolute atomic E-state index is 12.5. The molecule has 10 heteroatoms. The summed E-state index contributed by atoms with van der Waals surface area (Å²) < 4.78 is 0. The number of hydrogen-bond acceptors (Lipinski definition) is 6. The summed E-state index contributed by atoms with van der Waals surface area (Å²) in [6.07, 6.45) is 6.43. The van der Waals surface area contributed by atoms with E-state index in [1.54, 1.807) is 24.3 Å². The van der Waals surface area contributed by atoms with Crippen molar-refractivity contribution in [3.05, 3.63) is 52.2 Å². The Bertz CT molecular complexity index is 1020. The van der Waals surface area contributed by atoms with Crippen LogP contribution in [0.1, 0.15) is 42.5 Å². The first-order chi connectivity index (χ1) is 15.5. The summed E-state index contributed by atoms with van der Waals surface area (Å²) in [7, 11) is 0. The van der Waals surface area contributed by atoms with E-state index in [2.05, 4.69) is 20.9 Å². The molecule has 1 atom stereocenters. The van der Waals surface area contributed by atoms with Gasteiger partial charge in [0.25, 0.3) is 11.6 Å². The van der Waals surface area contributed by atoms with Crippen LogP contribution in [0.5, 0.6) is 0 Å². The van der Waals surface area contributed by atoms with Gasteiger partial charge in [-0.05, 0) is 80.9 Å². The van der Waals surface area contributed by atoms with Gasteiger partial charge in [0.1, 0.15) is 5.82 Å². The molecule has 1 saturated heterocycles. The highest BCUT2D eigenvalue weighted by molar-refractivity contribution is 5.96. The monoisotopic (exact) mass is 473 g/mol. The summed E-state index contributed by atoms with van der Waals surface area (Å²) >= 11 is 0. The SMILES string of the molecule is Cl.O=C(NCCC1CCCNC1)c1ccc(-c2ccnc(NC(=O)C3CC3)c2)c([N+](=O)[O-])c1. The van der Waals surface area contributed by atoms with Crippen LogP contribution in [0.25, 0.3) is 11.1 Å². The van der Waals surface area contributed by atoms with Gasteiger partial charge in [-0.1, -0.05) is 0 Å². The Balaban J connectivity index is 0.00000306. The average molecular weight is 474 g/mol. The van der Waals surface area contributed by atoms with E-state index in [0.717, 1.165) is 45.2 Å². The van der Waals surface area contributed by atoms with E-state index in [4.69, 9.17) is 0 Å². The molecule has 1 aromatic carbocycles. The van der Waals surface area contributed by atoms with Gasteiger partial charge in [0.05, 0.1) is 10.5 Å². The predicted molar refractivity (Wildman–Crippen MR) is 127 cm³/mol. The summed E-state index contributed by atoms with van der Waals surface area (Å²) in [6, 6.07) is 7.71. The second kappa shape index (κ2) is 11.2. The zero-order valence-corrected chi connectivity index (χ0v) is 19.0. The van der Waals surface area contributed by atoms with E-state index in [-0.39, 0.29) is 41.4 Å². The van der Waals surface area contributed by atoms with Gasteiger partial charge in [-0.15, -0.1) is 12.4 Å². The van der Waals surface area contributed by atoms with Crippen LogP contribution < -0.4 is 16.0 Å². The smallest absolute Gasteiger partial charge is 0.277 e. The summed E-state index contributed by atoms with van der Waals surface area (Å²) in [6.45, 7) is 2.55. The number of aromatic nitrogens is 1. The van der Waals surface area contributed by atoms with E-state index in [1.165, 1.54) is 12.3 Å². The number of amides is 2. The second-order valence-corrected chi connectivity index (χ2v) is 8.44. The van der Waals surface area contributed by atoms with Gasteiger partial charge in [0.15, 0.2) is 0 Å². The highest BCUT2D eigenvalue weighted by atomic mass is 35.5. The molecular weight excluding hydrogens is 446 g/mol. The van der Waals surface area contributed by atoms with Gasteiger partial charge in [-0.3, -0.25) is 19.7 Å². The van der Waals surface area contributed by atoms with E-state index in [1.807, 2.05) is 0 Å². The molecule has 2 fully saturated rings. The van der Waals surface area contributed by atoms with Crippen LogP contribution in [0.15, 0.2) is 36.5 Å². The van der Waals surface area contributed by atoms with Crippen molar-refractivity contribution in [2.45, 2.75) is 32.1 Å². The number of carbonyl (C=O) groups is 2. The van der Waals surface area contributed by atoms with Crippen molar-refractivity contribution in [1.29, 1.82) is 0 Å². The predicted octanol–water partition coefficient (Wildman–Crippen LogP) is 3.55. The fraction of sp³-hybridized carbons (Fsp3) is 0.435. The van der Waals surface area contributed by atoms with Crippen LogP contribution in [0.2, 0.25) is 0 Å². The molecule has 3 N–H and O–H groups in total. The number of carbonyl (C=O) groups excluding carboxylic acids is 2. The van der Waals surface area contributed by atoms with Crippen molar-refractivity contribution in [1.82, 2.24) is 15.6 Å². The number of piperidine rings is 1.